The summed E-state index contributed by atoms with van der Waals surface area (Å²) in [5.41, 5.74) is 2.68. The first kappa shape index (κ1) is 18.2. The van der Waals surface area contributed by atoms with Crippen LogP contribution in [0.3, 0.4) is 0 Å². The van der Waals surface area contributed by atoms with Crippen LogP contribution in [0.4, 0.5) is 5.82 Å². The summed E-state index contributed by atoms with van der Waals surface area (Å²) in [7, 11) is 1.35. The number of nitrogens with zero attached hydrogens (tertiary/aromatic N) is 3. The zero-order chi connectivity index (χ0) is 19.7. The van der Waals surface area contributed by atoms with E-state index in [4.69, 9.17) is 4.74 Å². The second-order valence-electron chi connectivity index (χ2n) is 7.19. The average molecular weight is 377 g/mol. The molecule has 2 aromatic carbocycles. The number of carbonyl (C=O) groups is 1. The summed E-state index contributed by atoms with van der Waals surface area (Å²) < 4.78 is 6.59. The molecule has 1 aliphatic rings. The summed E-state index contributed by atoms with van der Waals surface area (Å²) in [5.74, 6) is 0.0380. The standard InChI is InChI=1S/C22H23N3O3/c1-15-7-6-12-24(15)20-21(26)25(14-16-8-4-3-5-9-16)19-11-10-17(22(27)28-2)13-18(19)23-20/h3-5,8-11,13,15H,6-7,12,14H2,1-2H3. The number of anilines is 1. The molecule has 3 aromatic rings. The molecule has 1 fully saturated rings. The lowest BCUT2D eigenvalue weighted by molar-refractivity contribution is 0.0601. The van der Waals surface area contributed by atoms with Gasteiger partial charge in [0.15, 0.2) is 5.82 Å². The number of rotatable bonds is 4. The largest absolute Gasteiger partial charge is 0.465 e. The lowest BCUT2D eigenvalue weighted by Crippen LogP contribution is -2.36. The highest BCUT2D eigenvalue weighted by atomic mass is 16.5. The maximum absolute atomic E-state index is 13.4. The summed E-state index contributed by atoms with van der Waals surface area (Å²) in [5, 5.41) is 0. The van der Waals surface area contributed by atoms with Gasteiger partial charge in [-0.15, -0.1) is 0 Å². The minimum atomic E-state index is -0.416. The molecule has 0 spiro atoms. The van der Waals surface area contributed by atoms with E-state index in [1.807, 2.05) is 30.3 Å². The SMILES string of the molecule is COC(=O)c1ccc2c(c1)nc(N1CCCC1C)c(=O)n2Cc1ccccc1. The van der Waals surface area contributed by atoms with Gasteiger partial charge in [0, 0.05) is 12.6 Å². The first-order valence-electron chi connectivity index (χ1n) is 9.52. The van der Waals surface area contributed by atoms with Crippen molar-refractivity contribution in [2.45, 2.75) is 32.4 Å². The fourth-order valence-electron chi connectivity index (χ4n) is 3.84. The van der Waals surface area contributed by atoms with E-state index >= 15 is 0 Å². The Kier molecular flexibility index (Phi) is 4.86. The fourth-order valence-corrected chi connectivity index (χ4v) is 3.84. The first-order valence-corrected chi connectivity index (χ1v) is 9.52. The third-order valence-corrected chi connectivity index (χ3v) is 5.36. The zero-order valence-electron chi connectivity index (χ0n) is 16.1. The van der Waals surface area contributed by atoms with Gasteiger partial charge in [-0.1, -0.05) is 30.3 Å². The Balaban J connectivity index is 1.92. The van der Waals surface area contributed by atoms with Crippen molar-refractivity contribution in [2.75, 3.05) is 18.6 Å². The molecule has 1 atom stereocenters. The number of fused-ring (bicyclic) bond motifs is 1. The van der Waals surface area contributed by atoms with Gasteiger partial charge in [0.1, 0.15) is 0 Å². The van der Waals surface area contributed by atoms with Gasteiger partial charge in [-0.3, -0.25) is 9.36 Å². The highest BCUT2D eigenvalue weighted by molar-refractivity contribution is 5.93. The Morgan fingerprint density at radius 1 is 1.21 bits per heavy atom. The molecular weight excluding hydrogens is 354 g/mol. The molecule has 0 radical (unpaired) electrons. The Bertz CT molecular complexity index is 1080. The monoisotopic (exact) mass is 377 g/mol. The van der Waals surface area contributed by atoms with E-state index < -0.39 is 5.97 Å². The first-order chi connectivity index (χ1) is 13.6. The Hall–Kier alpha value is -3.15. The number of ether oxygens (including phenoxy) is 1. The topological polar surface area (TPSA) is 64.4 Å². The van der Waals surface area contributed by atoms with Crippen LogP contribution < -0.4 is 10.5 Å². The van der Waals surface area contributed by atoms with E-state index in [1.165, 1.54) is 7.11 Å². The van der Waals surface area contributed by atoms with Gasteiger partial charge in [-0.2, -0.15) is 0 Å². The molecule has 1 saturated heterocycles. The molecule has 0 aliphatic carbocycles. The molecule has 0 N–H and O–H groups in total. The van der Waals surface area contributed by atoms with E-state index in [0.29, 0.717) is 29.0 Å². The van der Waals surface area contributed by atoms with E-state index in [9.17, 15) is 9.59 Å². The molecule has 2 heterocycles. The van der Waals surface area contributed by atoms with Crippen LogP contribution in [-0.2, 0) is 11.3 Å². The predicted molar refractivity (Wildman–Crippen MR) is 109 cm³/mol. The van der Waals surface area contributed by atoms with E-state index in [0.717, 1.165) is 24.9 Å². The van der Waals surface area contributed by atoms with Gasteiger partial charge in [0.05, 0.1) is 30.3 Å². The molecule has 6 heteroatoms. The van der Waals surface area contributed by atoms with Crippen LogP contribution in [0, 0.1) is 0 Å². The van der Waals surface area contributed by atoms with Crippen molar-refractivity contribution in [3.63, 3.8) is 0 Å². The van der Waals surface area contributed by atoms with Gasteiger partial charge >= 0.3 is 5.97 Å². The second kappa shape index (κ2) is 7.46. The van der Waals surface area contributed by atoms with Gasteiger partial charge in [0.2, 0.25) is 0 Å². The van der Waals surface area contributed by atoms with Crippen LogP contribution in [0.5, 0.6) is 0 Å². The zero-order valence-corrected chi connectivity index (χ0v) is 16.1. The van der Waals surface area contributed by atoms with Crippen LogP contribution in [0.15, 0.2) is 53.3 Å². The van der Waals surface area contributed by atoms with E-state index in [-0.39, 0.29) is 11.6 Å². The van der Waals surface area contributed by atoms with Crippen molar-refractivity contribution in [3.05, 3.63) is 70.0 Å². The Morgan fingerprint density at radius 2 is 2.00 bits per heavy atom. The van der Waals surface area contributed by atoms with Gasteiger partial charge in [0.25, 0.3) is 5.56 Å². The fraction of sp³-hybridized carbons (Fsp3) is 0.318. The van der Waals surface area contributed by atoms with Gasteiger partial charge < -0.3 is 9.64 Å². The maximum Gasteiger partial charge on any atom is 0.337 e. The summed E-state index contributed by atoms with van der Waals surface area (Å²) in [6.07, 6.45) is 2.08. The molecule has 0 bridgehead atoms. The predicted octanol–water partition coefficient (Wildman–Crippen LogP) is 3.22. The van der Waals surface area contributed by atoms with E-state index in [1.54, 1.807) is 22.8 Å². The molecule has 0 saturated carbocycles. The molecule has 0 amide bonds. The highest BCUT2D eigenvalue weighted by Gasteiger charge is 2.26. The van der Waals surface area contributed by atoms with Crippen molar-refractivity contribution in [3.8, 4) is 0 Å². The summed E-state index contributed by atoms with van der Waals surface area (Å²) in [4.78, 5) is 32.1. The number of hydrogen-bond donors (Lipinski definition) is 0. The molecule has 6 nitrogen and oxygen atoms in total. The summed E-state index contributed by atoms with van der Waals surface area (Å²) in [6, 6.07) is 15.3. The third-order valence-electron chi connectivity index (χ3n) is 5.36. The number of esters is 1. The van der Waals surface area contributed by atoms with Crippen LogP contribution in [0.25, 0.3) is 11.0 Å². The number of aromatic nitrogens is 2. The quantitative estimate of drug-likeness (QED) is 0.653. The number of benzene rings is 2. The summed E-state index contributed by atoms with van der Waals surface area (Å²) in [6.45, 7) is 3.38. The van der Waals surface area contributed by atoms with Crippen molar-refractivity contribution in [1.82, 2.24) is 9.55 Å². The van der Waals surface area contributed by atoms with Crippen LogP contribution in [0.2, 0.25) is 0 Å². The number of methoxy groups -OCH3 is 1. The van der Waals surface area contributed by atoms with Crippen LogP contribution in [-0.4, -0.2) is 35.2 Å². The van der Waals surface area contributed by atoms with E-state index in [2.05, 4.69) is 16.8 Å². The van der Waals surface area contributed by atoms with Crippen LogP contribution >= 0.6 is 0 Å². The van der Waals surface area contributed by atoms with Crippen molar-refractivity contribution in [1.29, 1.82) is 0 Å². The Morgan fingerprint density at radius 3 is 2.68 bits per heavy atom. The highest BCUT2D eigenvalue weighted by Crippen LogP contribution is 2.24. The molecule has 28 heavy (non-hydrogen) atoms. The Labute approximate surface area is 163 Å². The number of carbonyl (C=O) groups excluding carboxylic acids is 1. The average Bonchev–Trinajstić information content (AvgIpc) is 3.15. The number of hydrogen-bond acceptors (Lipinski definition) is 5. The van der Waals surface area contributed by atoms with Crippen molar-refractivity contribution in [2.24, 2.45) is 0 Å². The molecular formula is C22H23N3O3. The molecule has 144 valence electrons. The lowest BCUT2D eigenvalue weighted by Gasteiger charge is -2.23. The minimum absolute atomic E-state index is 0.101. The lowest BCUT2D eigenvalue weighted by atomic mass is 10.1. The van der Waals surface area contributed by atoms with Gasteiger partial charge in [-0.25, -0.2) is 9.78 Å². The maximum atomic E-state index is 13.4. The van der Waals surface area contributed by atoms with Crippen molar-refractivity contribution < 1.29 is 9.53 Å². The summed E-state index contributed by atoms with van der Waals surface area (Å²) >= 11 is 0. The normalized spacial score (nSPS) is 16.5. The molecule has 1 aromatic heterocycles. The molecule has 1 aliphatic heterocycles. The van der Waals surface area contributed by atoms with Gasteiger partial charge in [-0.05, 0) is 43.5 Å². The van der Waals surface area contributed by atoms with Crippen LogP contribution in [0.1, 0.15) is 35.7 Å². The third kappa shape index (κ3) is 3.26. The second-order valence-corrected chi connectivity index (χ2v) is 7.19. The van der Waals surface area contributed by atoms with Crippen molar-refractivity contribution >= 4 is 22.8 Å². The molecule has 1 unspecified atom stereocenters. The minimum Gasteiger partial charge on any atom is -0.465 e. The smallest absolute Gasteiger partial charge is 0.337 e. The molecule has 4 rings (SSSR count).